The summed E-state index contributed by atoms with van der Waals surface area (Å²) in [5.74, 6) is 0.518. The summed E-state index contributed by atoms with van der Waals surface area (Å²) in [4.78, 5) is 0. The molecule has 0 radical (unpaired) electrons. The second-order valence-corrected chi connectivity index (χ2v) is 6.76. The SMILES string of the molecule is CC(C)(C)c1ccc(CC(C)(O)C2CC2)cc1. The fourth-order valence-electron chi connectivity index (χ4n) is 2.39. The molecule has 0 bridgehead atoms. The third kappa shape index (κ3) is 3.10. The Bertz CT molecular complexity index is 377. The van der Waals surface area contributed by atoms with E-state index in [0.717, 1.165) is 6.42 Å². The zero-order valence-electron chi connectivity index (χ0n) is 11.5. The van der Waals surface area contributed by atoms with Crippen molar-refractivity contribution in [2.75, 3.05) is 0 Å². The van der Waals surface area contributed by atoms with E-state index in [1.165, 1.54) is 24.0 Å². The lowest BCUT2D eigenvalue weighted by atomic mass is 9.85. The van der Waals surface area contributed by atoms with Crippen molar-refractivity contribution in [1.29, 1.82) is 0 Å². The molecule has 1 N–H and O–H groups in total. The van der Waals surface area contributed by atoms with Crippen molar-refractivity contribution in [2.24, 2.45) is 5.92 Å². The standard InChI is InChI=1S/C16H24O/c1-15(2,3)13-7-5-12(6-8-13)11-16(4,17)14-9-10-14/h5-8,14,17H,9-11H2,1-4H3. The first-order valence-electron chi connectivity index (χ1n) is 6.61. The van der Waals surface area contributed by atoms with E-state index in [1.807, 2.05) is 6.92 Å². The Balaban J connectivity index is 2.08. The largest absolute Gasteiger partial charge is 0.390 e. The van der Waals surface area contributed by atoms with Gasteiger partial charge in [-0.1, -0.05) is 45.0 Å². The van der Waals surface area contributed by atoms with Crippen LogP contribution in [0.4, 0.5) is 0 Å². The molecule has 0 saturated heterocycles. The van der Waals surface area contributed by atoms with Gasteiger partial charge in [0.25, 0.3) is 0 Å². The van der Waals surface area contributed by atoms with Crippen molar-refractivity contribution in [1.82, 2.24) is 0 Å². The third-order valence-corrected chi connectivity index (χ3v) is 3.84. The fourth-order valence-corrected chi connectivity index (χ4v) is 2.39. The van der Waals surface area contributed by atoms with Crippen LogP contribution in [-0.2, 0) is 11.8 Å². The zero-order chi connectivity index (χ0) is 12.7. The molecule has 94 valence electrons. The van der Waals surface area contributed by atoms with Gasteiger partial charge in [-0.25, -0.2) is 0 Å². The van der Waals surface area contributed by atoms with E-state index in [-0.39, 0.29) is 5.41 Å². The van der Waals surface area contributed by atoms with Gasteiger partial charge in [-0.05, 0) is 42.2 Å². The smallest absolute Gasteiger partial charge is 0.0687 e. The van der Waals surface area contributed by atoms with Crippen LogP contribution in [0.1, 0.15) is 51.7 Å². The van der Waals surface area contributed by atoms with Crippen molar-refractivity contribution in [2.45, 2.75) is 58.0 Å². The van der Waals surface area contributed by atoms with Crippen LogP contribution in [0.15, 0.2) is 24.3 Å². The van der Waals surface area contributed by atoms with Crippen LogP contribution in [0.2, 0.25) is 0 Å². The van der Waals surface area contributed by atoms with E-state index in [0.29, 0.717) is 5.92 Å². The fraction of sp³-hybridized carbons (Fsp3) is 0.625. The molecule has 1 heteroatoms. The minimum atomic E-state index is -0.511. The average Bonchev–Trinajstić information content (AvgIpc) is 2.99. The molecular weight excluding hydrogens is 208 g/mol. The first-order chi connectivity index (χ1) is 7.79. The molecule has 1 aliphatic rings. The van der Waals surface area contributed by atoms with E-state index < -0.39 is 5.60 Å². The summed E-state index contributed by atoms with van der Waals surface area (Å²) in [6.45, 7) is 8.65. The Kier molecular flexibility index (Phi) is 3.07. The molecular formula is C16H24O. The summed E-state index contributed by atoms with van der Waals surface area (Å²) in [5, 5.41) is 10.3. The Morgan fingerprint density at radius 2 is 1.59 bits per heavy atom. The molecule has 1 aromatic carbocycles. The lowest BCUT2D eigenvalue weighted by molar-refractivity contribution is 0.0372. The van der Waals surface area contributed by atoms with Gasteiger partial charge in [-0.2, -0.15) is 0 Å². The average molecular weight is 232 g/mol. The molecule has 1 atom stereocenters. The van der Waals surface area contributed by atoms with Gasteiger partial charge >= 0.3 is 0 Å². The summed E-state index contributed by atoms with van der Waals surface area (Å²) in [6.07, 6.45) is 3.15. The molecule has 17 heavy (non-hydrogen) atoms. The topological polar surface area (TPSA) is 20.2 Å². The van der Waals surface area contributed by atoms with Gasteiger partial charge in [0.1, 0.15) is 0 Å². The number of benzene rings is 1. The summed E-state index contributed by atoms with van der Waals surface area (Å²) >= 11 is 0. The minimum absolute atomic E-state index is 0.206. The molecule has 2 rings (SSSR count). The maximum atomic E-state index is 10.3. The highest BCUT2D eigenvalue weighted by molar-refractivity contribution is 5.28. The van der Waals surface area contributed by atoms with Crippen LogP contribution in [-0.4, -0.2) is 10.7 Å². The molecule has 0 aromatic heterocycles. The van der Waals surface area contributed by atoms with Gasteiger partial charge in [-0.3, -0.25) is 0 Å². The van der Waals surface area contributed by atoms with Crippen LogP contribution < -0.4 is 0 Å². The van der Waals surface area contributed by atoms with Gasteiger partial charge in [0.2, 0.25) is 0 Å². The van der Waals surface area contributed by atoms with Crippen LogP contribution in [0, 0.1) is 5.92 Å². The number of hydrogen-bond donors (Lipinski definition) is 1. The normalized spacial score (nSPS) is 20.1. The van der Waals surface area contributed by atoms with Crippen LogP contribution in [0.25, 0.3) is 0 Å². The minimum Gasteiger partial charge on any atom is -0.390 e. The maximum absolute atomic E-state index is 10.3. The van der Waals surface area contributed by atoms with Crippen molar-refractivity contribution < 1.29 is 5.11 Å². The van der Waals surface area contributed by atoms with Crippen LogP contribution in [0.3, 0.4) is 0 Å². The molecule has 1 aliphatic carbocycles. The molecule has 0 heterocycles. The Hall–Kier alpha value is -0.820. The highest BCUT2D eigenvalue weighted by Crippen LogP contribution is 2.41. The maximum Gasteiger partial charge on any atom is 0.0687 e. The predicted octanol–water partition coefficient (Wildman–Crippen LogP) is 3.69. The number of hydrogen-bond acceptors (Lipinski definition) is 1. The zero-order valence-corrected chi connectivity index (χ0v) is 11.5. The molecule has 1 nitrogen and oxygen atoms in total. The molecule has 1 unspecified atom stereocenters. The van der Waals surface area contributed by atoms with E-state index >= 15 is 0 Å². The highest BCUT2D eigenvalue weighted by Gasteiger charge is 2.39. The summed E-state index contributed by atoms with van der Waals surface area (Å²) in [7, 11) is 0. The highest BCUT2D eigenvalue weighted by atomic mass is 16.3. The molecule has 1 aromatic rings. The second kappa shape index (κ2) is 4.13. The van der Waals surface area contributed by atoms with E-state index in [2.05, 4.69) is 45.0 Å². The Morgan fingerprint density at radius 3 is 2.00 bits per heavy atom. The van der Waals surface area contributed by atoms with E-state index in [9.17, 15) is 5.11 Å². The first-order valence-corrected chi connectivity index (χ1v) is 6.61. The van der Waals surface area contributed by atoms with Gasteiger partial charge in [0.05, 0.1) is 5.60 Å². The van der Waals surface area contributed by atoms with Crippen molar-refractivity contribution in [3.63, 3.8) is 0 Å². The summed E-state index contributed by atoms with van der Waals surface area (Å²) in [5.41, 5.74) is 2.29. The Morgan fingerprint density at radius 1 is 1.06 bits per heavy atom. The first kappa shape index (κ1) is 12.6. The molecule has 1 saturated carbocycles. The number of aliphatic hydroxyl groups is 1. The number of rotatable bonds is 3. The van der Waals surface area contributed by atoms with E-state index in [4.69, 9.17) is 0 Å². The predicted molar refractivity (Wildman–Crippen MR) is 72.2 cm³/mol. The van der Waals surface area contributed by atoms with Crippen molar-refractivity contribution >= 4 is 0 Å². The quantitative estimate of drug-likeness (QED) is 0.842. The molecule has 1 fully saturated rings. The lowest BCUT2D eigenvalue weighted by Gasteiger charge is -2.24. The molecule has 0 spiro atoms. The van der Waals surface area contributed by atoms with Crippen molar-refractivity contribution in [3.05, 3.63) is 35.4 Å². The van der Waals surface area contributed by atoms with Crippen LogP contribution in [0.5, 0.6) is 0 Å². The van der Waals surface area contributed by atoms with Gasteiger partial charge in [0.15, 0.2) is 0 Å². The van der Waals surface area contributed by atoms with Gasteiger partial charge < -0.3 is 5.11 Å². The third-order valence-electron chi connectivity index (χ3n) is 3.84. The summed E-state index contributed by atoms with van der Waals surface area (Å²) in [6, 6.07) is 8.71. The molecule has 0 amide bonds. The van der Waals surface area contributed by atoms with Gasteiger partial charge in [-0.15, -0.1) is 0 Å². The monoisotopic (exact) mass is 232 g/mol. The van der Waals surface area contributed by atoms with E-state index in [1.54, 1.807) is 0 Å². The summed E-state index contributed by atoms with van der Waals surface area (Å²) < 4.78 is 0. The van der Waals surface area contributed by atoms with Crippen molar-refractivity contribution in [3.8, 4) is 0 Å². The van der Waals surface area contributed by atoms with Gasteiger partial charge in [0, 0.05) is 6.42 Å². The van der Waals surface area contributed by atoms with Crippen LogP contribution >= 0.6 is 0 Å². The second-order valence-electron chi connectivity index (χ2n) is 6.76. The Labute approximate surface area is 105 Å². The lowest BCUT2D eigenvalue weighted by Crippen LogP contribution is -2.29. The molecule has 0 aliphatic heterocycles.